The van der Waals surface area contributed by atoms with Crippen molar-refractivity contribution in [3.05, 3.63) is 0 Å². The Morgan fingerprint density at radius 2 is 0.842 bits per heavy atom. The van der Waals surface area contributed by atoms with E-state index in [0.717, 1.165) is 0 Å². The Kier molecular flexibility index (Phi) is 2.71. The summed E-state index contributed by atoms with van der Waals surface area (Å²) < 4.78 is 18.3. The second-order valence-corrected chi connectivity index (χ2v) is 8.41. The lowest BCUT2D eigenvalue weighted by Gasteiger charge is -2.42. The summed E-state index contributed by atoms with van der Waals surface area (Å²) in [4.78, 5) is 0. The van der Waals surface area contributed by atoms with Gasteiger partial charge in [0.05, 0.1) is 22.4 Å². The molecule has 0 amide bonds. The minimum absolute atomic E-state index is 0.132. The zero-order valence-corrected chi connectivity index (χ0v) is 14.2. The van der Waals surface area contributed by atoms with Crippen molar-refractivity contribution in [1.29, 1.82) is 0 Å². The number of rotatable bonds is 4. The molecule has 2 saturated heterocycles. The summed E-state index contributed by atoms with van der Waals surface area (Å²) in [6.07, 6.45) is 0. The molecular formula is C16H30O3. The monoisotopic (exact) mass is 270 g/mol. The summed E-state index contributed by atoms with van der Waals surface area (Å²) in [6, 6.07) is 0. The SMILES string of the molecule is CC(C)(OC(C)(C)C1(C)OC1(C)C)C1(C)OC1(C)C. The van der Waals surface area contributed by atoms with E-state index in [2.05, 4.69) is 69.2 Å². The van der Waals surface area contributed by atoms with Crippen molar-refractivity contribution in [2.75, 3.05) is 0 Å². The average molecular weight is 270 g/mol. The van der Waals surface area contributed by atoms with Crippen LogP contribution in [0.5, 0.6) is 0 Å². The van der Waals surface area contributed by atoms with Crippen LogP contribution in [0.15, 0.2) is 0 Å². The van der Waals surface area contributed by atoms with Crippen molar-refractivity contribution < 1.29 is 14.2 Å². The normalized spacial score (nSPS) is 40.1. The smallest absolute Gasteiger partial charge is 0.123 e. The largest absolute Gasteiger partial charge is 0.363 e. The van der Waals surface area contributed by atoms with Gasteiger partial charge in [0.25, 0.3) is 0 Å². The summed E-state index contributed by atoms with van der Waals surface area (Å²) in [5, 5.41) is 0. The van der Waals surface area contributed by atoms with Crippen LogP contribution in [0, 0.1) is 0 Å². The van der Waals surface area contributed by atoms with Crippen molar-refractivity contribution in [2.45, 2.75) is 103 Å². The fraction of sp³-hybridized carbons (Fsp3) is 1.00. The van der Waals surface area contributed by atoms with Crippen LogP contribution in [0.4, 0.5) is 0 Å². The number of hydrogen-bond acceptors (Lipinski definition) is 3. The van der Waals surface area contributed by atoms with E-state index < -0.39 is 0 Å². The standard InChI is InChI=1S/C16H30O3/c1-11(2,15(9)13(5,6)18-15)17-12(3,4)16(10)14(7,8)19-16/h1-10H3. The van der Waals surface area contributed by atoms with E-state index in [1.165, 1.54) is 0 Å². The van der Waals surface area contributed by atoms with Gasteiger partial charge in [-0.05, 0) is 69.2 Å². The van der Waals surface area contributed by atoms with Crippen LogP contribution in [0.2, 0.25) is 0 Å². The highest BCUT2D eigenvalue weighted by molar-refractivity contribution is 5.21. The quantitative estimate of drug-likeness (QED) is 0.731. The van der Waals surface area contributed by atoms with Gasteiger partial charge in [0.15, 0.2) is 0 Å². The van der Waals surface area contributed by atoms with E-state index in [1.54, 1.807) is 0 Å². The molecule has 2 heterocycles. The molecule has 3 nitrogen and oxygen atoms in total. The van der Waals surface area contributed by atoms with Crippen molar-refractivity contribution >= 4 is 0 Å². The second-order valence-electron chi connectivity index (χ2n) is 8.41. The van der Waals surface area contributed by atoms with Gasteiger partial charge in [0.2, 0.25) is 0 Å². The molecule has 2 aliphatic rings. The minimum Gasteiger partial charge on any atom is -0.363 e. The molecule has 19 heavy (non-hydrogen) atoms. The van der Waals surface area contributed by atoms with Gasteiger partial charge in [-0.2, -0.15) is 0 Å². The first kappa shape index (κ1) is 15.3. The zero-order chi connectivity index (χ0) is 15.1. The molecule has 2 aliphatic heterocycles. The fourth-order valence-electron chi connectivity index (χ4n) is 3.50. The third kappa shape index (κ3) is 1.81. The molecule has 0 N–H and O–H groups in total. The Morgan fingerprint density at radius 3 is 1.00 bits per heavy atom. The van der Waals surface area contributed by atoms with E-state index in [0.29, 0.717) is 0 Å². The Hall–Kier alpha value is -0.120. The predicted molar refractivity (Wildman–Crippen MR) is 76.4 cm³/mol. The van der Waals surface area contributed by atoms with E-state index in [9.17, 15) is 0 Å². The van der Waals surface area contributed by atoms with E-state index in [-0.39, 0.29) is 33.6 Å². The Bertz CT molecular complexity index is 370. The molecule has 2 rings (SSSR count). The molecule has 0 aromatic rings. The predicted octanol–water partition coefficient (Wildman–Crippen LogP) is 3.70. The van der Waals surface area contributed by atoms with Crippen LogP contribution in [0.25, 0.3) is 0 Å². The summed E-state index contributed by atoms with van der Waals surface area (Å²) >= 11 is 0. The Labute approximate surface area is 118 Å². The van der Waals surface area contributed by atoms with Crippen molar-refractivity contribution in [1.82, 2.24) is 0 Å². The zero-order valence-electron chi connectivity index (χ0n) is 14.2. The maximum atomic E-state index is 6.50. The first-order valence-electron chi connectivity index (χ1n) is 7.22. The molecule has 0 bridgehead atoms. The van der Waals surface area contributed by atoms with E-state index in [1.807, 2.05) is 0 Å². The number of hydrogen-bond donors (Lipinski definition) is 0. The van der Waals surface area contributed by atoms with Crippen LogP contribution >= 0.6 is 0 Å². The van der Waals surface area contributed by atoms with Gasteiger partial charge in [-0.15, -0.1) is 0 Å². The molecule has 0 radical (unpaired) electrons. The third-order valence-corrected chi connectivity index (χ3v) is 5.94. The summed E-state index contributed by atoms with van der Waals surface area (Å²) in [5.74, 6) is 0. The van der Waals surface area contributed by atoms with Crippen LogP contribution in [-0.4, -0.2) is 33.6 Å². The van der Waals surface area contributed by atoms with Crippen LogP contribution in [0.3, 0.4) is 0 Å². The molecule has 0 aliphatic carbocycles. The van der Waals surface area contributed by atoms with Crippen molar-refractivity contribution in [2.24, 2.45) is 0 Å². The maximum Gasteiger partial charge on any atom is 0.123 e. The van der Waals surface area contributed by atoms with Crippen molar-refractivity contribution in [3.8, 4) is 0 Å². The lowest BCUT2D eigenvalue weighted by molar-refractivity contribution is -0.178. The molecule has 3 heteroatoms. The van der Waals surface area contributed by atoms with E-state index in [4.69, 9.17) is 14.2 Å². The number of epoxide rings is 2. The van der Waals surface area contributed by atoms with Crippen molar-refractivity contribution in [3.63, 3.8) is 0 Å². The van der Waals surface area contributed by atoms with Gasteiger partial charge < -0.3 is 14.2 Å². The fourth-order valence-corrected chi connectivity index (χ4v) is 3.50. The lowest BCUT2D eigenvalue weighted by Crippen LogP contribution is -2.54. The maximum absolute atomic E-state index is 6.50. The van der Waals surface area contributed by atoms with Gasteiger partial charge in [0.1, 0.15) is 11.2 Å². The molecule has 2 fully saturated rings. The van der Waals surface area contributed by atoms with E-state index >= 15 is 0 Å². The summed E-state index contributed by atoms with van der Waals surface area (Å²) in [5.41, 5.74) is -1.52. The van der Waals surface area contributed by atoms with Gasteiger partial charge in [-0.3, -0.25) is 0 Å². The van der Waals surface area contributed by atoms with Crippen LogP contribution in [-0.2, 0) is 14.2 Å². The van der Waals surface area contributed by atoms with Crippen LogP contribution < -0.4 is 0 Å². The topological polar surface area (TPSA) is 34.3 Å². The third-order valence-electron chi connectivity index (χ3n) is 5.94. The molecule has 2 unspecified atom stereocenters. The lowest BCUT2D eigenvalue weighted by atomic mass is 9.79. The Morgan fingerprint density at radius 1 is 0.632 bits per heavy atom. The first-order chi connectivity index (χ1) is 8.12. The highest BCUT2D eigenvalue weighted by atomic mass is 16.7. The van der Waals surface area contributed by atoms with Gasteiger partial charge in [0, 0.05) is 0 Å². The summed E-state index contributed by atoms with van der Waals surface area (Å²) in [6.45, 7) is 21.2. The van der Waals surface area contributed by atoms with Gasteiger partial charge in [-0.1, -0.05) is 0 Å². The first-order valence-corrected chi connectivity index (χ1v) is 7.22. The molecule has 112 valence electrons. The highest BCUT2D eigenvalue weighted by Crippen LogP contribution is 2.60. The Balaban J connectivity index is 2.18. The molecular weight excluding hydrogens is 240 g/mol. The van der Waals surface area contributed by atoms with Gasteiger partial charge >= 0.3 is 0 Å². The molecule has 0 aromatic heterocycles. The average Bonchev–Trinajstić information content (AvgIpc) is 2.83. The molecule has 0 spiro atoms. The van der Waals surface area contributed by atoms with Crippen LogP contribution in [0.1, 0.15) is 69.2 Å². The second kappa shape index (κ2) is 3.37. The summed E-state index contributed by atoms with van der Waals surface area (Å²) in [7, 11) is 0. The highest BCUT2D eigenvalue weighted by Gasteiger charge is 2.73. The number of ether oxygens (including phenoxy) is 3. The molecule has 0 aromatic carbocycles. The van der Waals surface area contributed by atoms with Gasteiger partial charge in [-0.25, -0.2) is 0 Å². The molecule has 2 atom stereocenters. The minimum atomic E-state index is -0.370. The molecule has 0 saturated carbocycles.